The quantitative estimate of drug-likeness (QED) is 0.268. The van der Waals surface area contributed by atoms with Crippen LogP contribution in [0.25, 0.3) is 0 Å². The number of carbonyl (C=O) groups excluding carboxylic acids is 1. The van der Waals surface area contributed by atoms with Crippen molar-refractivity contribution in [1.29, 1.82) is 0 Å². The Balaban J connectivity index is 0. The third-order valence-electron chi connectivity index (χ3n) is 3.32. The van der Waals surface area contributed by atoms with Gasteiger partial charge in [0.1, 0.15) is 0 Å². The number of aliphatic carboxylic acids is 1. The lowest BCUT2D eigenvalue weighted by Crippen LogP contribution is -1.98. The van der Waals surface area contributed by atoms with E-state index < -0.39 is 5.97 Å². The van der Waals surface area contributed by atoms with Gasteiger partial charge in [-0.2, -0.15) is 0 Å². The maximum atomic E-state index is 10.7. The minimum atomic E-state index is -0.686. The van der Waals surface area contributed by atoms with Gasteiger partial charge in [0.2, 0.25) is 0 Å². The minimum Gasteiger partial charge on any atom is -0.481 e. The Labute approximate surface area is 141 Å². The van der Waals surface area contributed by atoms with Crippen LogP contribution in [0.3, 0.4) is 0 Å². The van der Waals surface area contributed by atoms with Gasteiger partial charge in [0, 0.05) is 12.8 Å². The molecule has 0 atom stereocenters. The summed E-state index contributed by atoms with van der Waals surface area (Å²) in [7, 11) is 1.43. The van der Waals surface area contributed by atoms with Gasteiger partial charge in [-0.3, -0.25) is 9.59 Å². The number of carbonyl (C=O) groups is 2. The van der Waals surface area contributed by atoms with Crippen molar-refractivity contribution in [2.45, 2.75) is 77.0 Å². The van der Waals surface area contributed by atoms with E-state index >= 15 is 0 Å². The van der Waals surface area contributed by atoms with Crippen LogP contribution in [0.2, 0.25) is 0 Å². The standard InChI is InChI=1S/C10H18O2.C9H16O2/c1-3-4-5-6-7-8-9-10(11)12-2;1-2-3-4-5-6-7-8-9(10)11/h3H,1,4-9H2,2H3;2H,1,3-8H2,(H,10,11). The lowest BCUT2D eigenvalue weighted by atomic mass is 10.1. The number of hydrogen-bond acceptors (Lipinski definition) is 3. The monoisotopic (exact) mass is 326 g/mol. The molecule has 1 N–H and O–H groups in total. The number of methoxy groups -OCH3 is 1. The molecule has 0 aliphatic carbocycles. The molecule has 0 saturated heterocycles. The van der Waals surface area contributed by atoms with Crippen LogP contribution in [0.5, 0.6) is 0 Å². The normalized spacial score (nSPS) is 9.43. The zero-order chi connectivity index (χ0) is 17.8. The van der Waals surface area contributed by atoms with E-state index in [2.05, 4.69) is 17.9 Å². The molecule has 0 saturated carbocycles. The first kappa shape index (κ1) is 23.7. The second-order valence-electron chi connectivity index (χ2n) is 5.45. The van der Waals surface area contributed by atoms with Crippen LogP contribution in [0, 0.1) is 0 Å². The Hall–Kier alpha value is -1.58. The second kappa shape index (κ2) is 20.4. The van der Waals surface area contributed by atoms with Gasteiger partial charge in [0.15, 0.2) is 0 Å². The molecular formula is C19H34O4. The summed E-state index contributed by atoms with van der Waals surface area (Å²) < 4.78 is 4.52. The molecule has 23 heavy (non-hydrogen) atoms. The average Bonchev–Trinajstić information content (AvgIpc) is 2.54. The lowest BCUT2D eigenvalue weighted by molar-refractivity contribution is -0.141. The highest BCUT2D eigenvalue weighted by atomic mass is 16.5. The van der Waals surface area contributed by atoms with Crippen molar-refractivity contribution >= 4 is 11.9 Å². The predicted octanol–water partition coefficient (Wildman–Crippen LogP) is 5.28. The molecule has 0 unspecified atom stereocenters. The van der Waals surface area contributed by atoms with Crippen molar-refractivity contribution in [3.8, 4) is 0 Å². The zero-order valence-electron chi connectivity index (χ0n) is 14.7. The summed E-state index contributed by atoms with van der Waals surface area (Å²) in [5, 5.41) is 8.30. The van der Waals surface area contributed by atoms with Crippen molar-refractivity contribution in [3.63, 3.8) is 0 Å². The number of hydrogen-bond donors (Lipinski definition) is 1. The fraction of sp³-hybridized carbons (Fsp3) is 0.684. The van der Waals surface area contributed by atoms with E-state index in [1.807, 2.05) is 12.2 Å². The fourth-order valence-corrected chi connectivity index (χ4v) is 1.93. The Morgan fingerprint density at radius 2 is 1.26 bits per heavy atom. The van der Waals surface area contributed by atoms with Gasteiger partial charge in [-0.15, -0.1) is 13.2 Å². The second-order valence-corrected chi connectivity index (χ2v) is 5.45. The molecule has 0 fully saturated rings. The molecule has 0 heterocycles. The molecule has 4 heteroatoms. The van der Waals surface area contributed by atoms with Gasteiger partial charge < -0.3 is 9.84 Å². The number of esters is 1. The van der Waals surface area contributed by atoms with Crippen molar-refractivity contribution in [3.05, 3.63) is 25.3 Å². The summed E-state index contributed by atoms with van der Waals surface area (Å²) in [6.07, 6.45) is 15.4. The Bertz CT molecular complexity index is 310. The minimum absolute atomic E-state index is 0.0984. The summed E-state index contributed by atoms with van der Waals surface area (Å²) in [5.74, 6) is -0.785. The van der Waals surface area contributed by atoms with E-state index in [0.717, 1.165) is 51.4 Å². The van der Waals surface area contributed by atoms with E-state index in [-0.39, 0.29) is 5.97 Å². The molecule has 0 spiro atoms. The number of unbranched alkanes of at least 4 members (excludes halogenated alkanes) is 8. The van der Waals surface area contributed by atoms with Crippen LogP contribution in [-0.4, -0.2) is 24.2 Å². The first-order valence-electron chi connectivity index (χ1n) is 8.58. The SMILES string of the molecule is C=CCCCCCCC(=O)O.C=CCCCCCCC(=O)OC. The maximum Gasteiger partial charge on any atom is 0.305 e. The molecule has 0 aromatic heterocycles. The Morgan fingerprint density at radius 1 is 0.826 bits per heavy atom. The van der Waals surface area contributed by atoms with E-state index in [0.29, 0.717) is 12.8 Å². The number of ether oxygens (including phenoxy) is 1. The average molecular weight is 326 g/mol. The van der Waals surface area contributed by atoms with Gasteiger partial charge >= 0.3 is 11.9 Å². The first-order valence-corrected chi connectivity index (χ1v) is 8.58. The zero-order valence-corrected chi connectivity index (χ0v) is 14.7. The van der Waals surface area contributed by atoms with Gasteiger partial charge in [0.25, 0.3) is 0 Å². The van der Waals surface area contributed by atoms with Crippen LogP contribution >= 0.6 is 0 Å². The summed E-state index contributed by atoms with van der Waals surface area (Å²) in [6.45, 7) is 7.26. The molecule has 0 amide bonds. The van der Waals surface area contributed by atoms with Crippen LogP contribution < -0.4 is 0 Å². The number of allylic oxidation sites excluding steroid dienone is 2. The summed E-state index contributed by atoms with van der Waals surface area (Å²) in [4.78, 5) is 20.7. The highest BCUT2D eigenvalue weighted by molar-refractivity contribution is 5.68. The lowest BCUT2D eigenvalue weighted by Gasteiger charge is -1.98. The van der Waals surface area contributed by atoms with E-state index in [1.165, 1.54) is 20.0 Å². The fourth-order valence-electron chi connectivity index (χ4n) is 1.93. The third-order valence-corrected chi connectivity index (χ3v) is 3.32. The number of rotatable bonds is 14. The Kier molecular flexibility index (Phi) is 21.0. The largest absolute Gasteiger partial charge is 0.481 e. The summed E-state index contributed by atoms with van der Waals surface area (Å²) in [6, 6.07) is 0. The number of carboxylic acids is 1. The molecule has 0 aromatic carbocycles. The first-order chi connectivity index (χ1) is 11.1. The summed E-state index contributed by atoms with van der Waals surface area (Å²) in [5.41, 5.74) is 0. The summed E-state index contributed by atoms with van der Waals surface area (Å²) >= 11 is 0. The molecule has 0 radical (unpaired) electrons. The smallest absolute Gasteiger partial charge is 0.305 e. The van der Waals surface area contributed by atoms with Crippen LogP contribution in [0.1, 0.15) is 77.0 Å². The topological polar surface area (TPSA) is 63.6 Å². The molecule has 0 aliphatic heterocycles. The third kappa shape index (κ3) is 25.7. The van der Waals surface area contributed by atoms with Crippen molar-refractivity contribution in [2.75, 3.05) is 7.11 Å². The van der Waals surface area contributed by atoms with Gasteiger partial charge in [-0.25, -0.2) is 0 Å². The predicted molar refractivity (Wildman–Crippen MR) is 95.4 cm³/mol. The molecular weight excluding hydrogens is 292 g/mol. The van der Waals surface area contributed by atoms with E-state index in [4.69, 9.17) is 5.11 Å². The van der Waals surface area contributed by atoms with E-state index in [9.17, 15) is 9.59 Å². The van der Waals surface area contributed by atoms with Crippen molar-refractivity contribution in [1.82, 2.24) is 0 Å². The van der Waals surface area contributed by atoms with Crippen molar-refractivity contribution < 1.29 is 19.4 Å². The number of carboxylic acid groups (broad SMARTS) is 1. The van der Waals surface area contributed by atoms with Gasteiger partial charge in [-0.05, 0) is 38.5 Å². The highest BCUT2D eigenvalue weighted by Crippen LogP contribution is 2.06. The molecule has 4 nitrogen and oxygen atoms in total. The molecule has 0 bridgehead atoms. The van der Waals surface area contributed by atoms with Crippen LogP contribution in [-0.2, 0) is 14.3 Å². The molecule has 0 aliphatic rings. The van der Waals surface area contributed by atoms with Crippen LogP contribution in [0.4, 0.5) is 0 Å². The maximum absolute atomic E-state index is 10.7. The molecule has 0 rings (SSSR count). The molecule has 134 valence electrons. The van der Waals surface area contributed by atoms with Gasteiger partial charge in [0.05, 0.1) is 7.11 Å². The highest BCUT2D eigenvalue weighted by Gasteiger charge is 1.98. The van der Waals surface area contributed by atoms with E-state index in [1.54, 1.807) is 0 Å². The van der Waals surface area contributed by atoms with Crippen LogP contribution in [0.15, 0.2) is 25.3 Å². The van der Waals surface area contributed by atoms with Crippen molar-refractivity contribution in [2.24, 2.45) is 0 Å². The Morgan fingerprint density at radius 3 is 1.65 bits per heavy atom. The molecule has 0 aromatic rings. The van der Waals surface area contributed by atoms with Gasteiger partial charge in [-0.1, -0.05) is 37.8 Å².